The minimum absolute atomic E-state index is 0.0277. The highest BCUT2D eigenvalue weighted by molar-refractivity contribution is 6.11. The Morgan fingerprint density at radius 2 is 2.27 bits per heavy atom. The van der Waals surface area contributed by atoms with E-state index in [1.165, 1.54) is 12.8 Å². The van der Waals surface area contributed by atoms with Crippen LogP contribution in [0.15, 0.2) is 0 Å². The topological polar surface area (TPSA) is 38.7 Å². The average molecular weight is 212 g/mol. The molecule has 0 bridgehead atoms. The van der Waals surface area contributed by atoms with Gasteiger partial charge in [0, 0.05) is 13.1 Å². The van der Waals surface area contributed by atoms with Crippen LogP contribution in [0.5, 0.6) is 0 Å². The van der Waals surface area contributed by atoms with Gasteiger partial charge in [-0.2, -0.15) is 0 Å². The summed E-state index contributed by atoms with van der Waals surface area (Å²) in [7, 11) is 7.29. The third kappa shape index (κ3) is 3.78. The van der Waals surface area contributed by atoms with Gasteiger partial charge in [-0.05, 0) is 12.8 Å². The van der Waals surface area contributed by atoms with Crippen molar-refractivity contribution < 1.29 is 14.6 Å². The molecule has 0 saturated carbocycles. The molecular formula is C11H21BO3. The second-order valence-corrected chi connectivity index (χ2v) is 4.21. The van der Waals surface area contributed by atoms with Crippen LogP contribution in [0.4, 0.5) is 0 Å². The fourth-order valence-corrected chi connectivity index (χ4v) is 2.07. The summed E-state index contributed by atoms with van der Waals surface area (Å²) >= 11 is 0. The van der Waals surface area contributed by atoms with Crippen molar-refractivity contribution >= 4 is 7.85 Å². The van der Waals surface area contributed by atoms with Gasteiger partial charge in [0.15, 0.2) is 0 Å². The second kappa shape index (κ2) is 6.51. The smallest absolute Gasteiger partial charge is 0.109 e. The molecule has 1 saturated heterocycles. The molecular weight excluding hydrogens is 191 g/mol. The highest BCUT2D eigenvalue weighted by Crippen LogP contribution is 2.25. The molecule has 86 valence electrons. The van der Waals surface area contributed by atoms with E-state index in [2.05, 4.69) is 6.92 Å². The zero-order valence-corrected chi connectivity index (χ0v) is 9.69. The lowest BCUT2D eigenvalue weighted by Gasteiger charge is -2.24. The Hall–Kier alpha value is -0.0551. The molecule has 0 aromatic rings. The molecule has 1 aliphatic heterocycles. The zero-order chi connectivity index (χ0) is 11.3. The van der Waals surface area contributed by atoms with Gasteiger partial charge in [0.1, 0.15) is 14.0 Å². The van der Waals surface area contributed by atoms with Crippen molar-refractivity contribution in [3.05, 3.63) is 0 Å². The molecule has 15 heavy (non-hydrogen) atoms. The zero-order valence-electron chi connectivity index (χ0n) is 9.69. The van der Waals surface area contributed by atoms with Crippen LogP contribution in [0.1, 0.15) is 39.0 Å². The van der Waals surface area contributed by atoms with Crippen LogP contribution < -0.4 is 0 Å². The summed E-state index contributed by atoms with van der Waals surface area (Å²) in [5.74, 6) is 0. The third-order valence-electron chi connectivity index (χ3n) is 2.95. The van der Waals surface area contributed by atoms with E-state index in [-0.39, 0.29) is 18.2 Å². The Morgan fingerprint density at radius 1 is 1.53 bits per heavy atom. The number of ether oxygens (including phenoxy) is 2. The van der Waals surface area contributed by atoms with Gasteiger partial charge in [-0.15, -0.1) is 0 Å². The number of methoxy groups -OCH3 is 1. The van der Waals surface area contributed by atoms with Crippen LogP contribution in [0.3, 0.4) is 0 Å². The van der Waals surface area contributed by atoms with Crippen LogP contribution in [-0.4, -0.2) is 44.4 Å². The first kappa shape index (κ1) is 13.0. The first-order chi connectivity index (χ1) is 7.19. The summed E-state index contributed by atoms with van der Waals surface area (Å²) in [6, 6.07) is -0.339. The molecule has 0 aliphatic carbocycles. The summed E-state index contributed by atoms with van der Waals surface area (Å²) < 4.78 is 10.8. The van der Waals surface area contributed by atoms with E-state index >= 15 is 0 Å². The first-order valence-electron chi connectivity index (χ1n) is 5.81. The SMILES string of the molecule is [B]C1CC(O)C(C(CCCCC)OC)O1. The van der Waals surface area contributed by atoms with E-state index in [4.69, 9.17) is 17.3 Å². The Labute approximate surface area is 93.6 Å². The largest absolute Gasteiger partial charge is 0.390 e. The van der Waals surface area contributed by atoms with Crippen molar-refractivity contribution in [2.24, 2.45) is 0 Å². The first-order valence-corrected chi connectivity index (χ1v) is 5.81. The molecule has 4 heteroatoms. The maximum Gasteiger partial charge on any atom is 0.109 e. The molecule has 1 N–H and O–H groups in total. The minimum atomic E-state index is -0.480. The van der Waals surface area contributed by atoms with Crippen molar-refractivity contribution in [3.8, 4) is 0 Å². The molecule has 2 radical (unpaired) electrons. The van der Waals surface area contributed by atoms with Crippen LogP contribution in [0.25, 0.3) is 0 Å². The Kier molecular flexibility index (Phi) is 5.65. The van der Waals surface area contributed by atoms with Gasteiger partial charge < -0.3 is 14.6 Å². The molecule has 1 fully saturated rings. The highest BCUT2D eigenvalue weighted by atomic mass is 16.6. The average Bonchev–Trinajstić information content (AvgIpc) is 2.53. The maximum atomic E-state index is 9.73. The van der Waals surface area contributed by atoms with Crippen LogP contribution in [-0.2, 0) is 9.47 Å². The van der Waals surface area contributed by atoms with Gasteiger partial charge >= 0.3 is 0 Å². The van der Waals surface area contributed by atoms with Crippen LogP contribution >= 0.6 is 0 Å². The lowest BCUT2D eigenvalue weighted by molar-refractivity contribution is -0.0726. The van der Waals surface area contributed by atoms with Gasteiger partial charge in [0.25, 0.3) is 0 Å². The van der Waals surface area contributed by atoms with E-state index < -0.39 is 6.10 Å². The lowest BCUT2D eigenvalue weighted by atomic mass is 9.95. The maximum absolute atomic E-state index is 9.73. The minimum Gasteiger partial charge on any atom is -0.390 e. The number of aliphatic hydroxyl groups excluding tert-OH is 1. The number of hydrogen-bond donors (Lipinski definition) is 1. The standard InChI is InChI=1S/C11H21BO3/c1-3-4-5-6-9(14-2)11-8(13)7-10(12)15-11/h8-11,13H,3-7H2,1-2H3. The van der Waals surface area contributed by atoms with Crippen molar-refractivity contribution in [3.63, 3.8) is 0 Å². The fourth-order valence-electron chi connectivity index (χ4n) is 2.07. The Bertz CT molecular complexity index is 177. The highest BCUT2D eigenvalue weighted by Gasteiger charge is 2.36. The lowest BCUT2D eigenvalue weighted by Crippen LogP contribution is -2.36. The van der Waals surface area contributed by atoms with E-state index in [0.717, 1.165) is 12.8 Å². The van der Waals surface area contributed by atoms with E-state index in [1.807, 2.05) is 0 Å². The summed E-state index contributed by atoms with van der Waals surface area (Å²) in [5.41, 5.74) is 0. The molecule has 4 unspecified atom stereocenters. The molecule has 4 atom stereocenters. The van der Waals surface area contributed by atoms with E-state index in [1.54, 1.807) is 7.11 Å². The molecule has 1 aliphatic rings. The second-order valence-electron chi connectivity index (χ2n) is 4.21. The van der Waals surface area contributed by atoms with Crippen molar-refractivity contribution in [1.29, 1.82) is 0 Å². The van der Waals surface area contributed by atoms with Crippen LogP contribution in [0, 0.1) is 0 Å². The summed E-state index contributed by atoms with van der Waals surface area (Å²) in [5, 5.41) is 9.73. The van der Waals surface area contributed by atoms with E-state index in [0.29, 0.717) is 6.42 Å². The Balaban J connectivity index is 2.36. The normalized spacial score (nSPS) is 33.1. The monoisotopic (exact) mass is 212 g/mol. The number of rotatable bonds is 6. The number of unbranched alkanes of at least 4 members (excludes halogenated alkanes) is 2. The summed E-state index contributed by atoms with van der Waals surface area (Å²) in [6.07, 6.45) is 4.17. The van der Waals surface area contributed by atoms with Gasteiger partial charge in [0.2, 0.25) is 0 Å². The molecule has 1 rings (SSSR count). The third-order valence-corrected chi connectivity index (χ3v) is 2.95. The van der Waals surface area contributed by atoms with Crippen LogP contribution in [0.2, 0.25) is 0 Å². The number of aliphatic hydroxyl groups is 1. The predicted octanol–water partition coefficient (Wildman–Crippen LogP) is 1.23. The van der Waals surface area contributed by atoms with Crippen molar-refractivity contribution in [2.75, 3.05) is 7.11 Å². The van der Waals surface area contributed by atoms with E-state index in [9.17, 15) is 5.11 Å². The Morgan fingerprint density at radius 3 is 2.73 bits per heavy atom. The van der Waals surface area contributed by atoms with Gasteiger partial charge in [-0.25, -0.2) is 0 Å². The van der Waals surface area contributed by atoms with Gasteiger partial charge in [-0.3, -0.25) is 0 Å². The van der Waals surface area contributed by atoms with Gasteiger partial charge in [-0.1, -0.05) is 26.2 Å². The molecule has 1 heterocycles. The molecule has 3 nitrogen and oxygen atoms in total. The number of hydrogen-bond acceptors (Lipinski definition) is 3. The predicted molar refractivity (Wildman–Crippen MR) is 60.0 cm³/mol. The molecule has 0 aromatic heterocycles. The quantitative estimate of drug-likeness (QED) is 0.531. The molecule has 0 spiro atoms. The molecule has 0 aromatic carbocycles. The summed E-state index contributed by atoms with van der Waals surface area (Å²) in [4.78, 5) is 0. The fraction of sp³-hybridized carbons (Fsp3) is 1.00. The molecule has 0 amide bonds. The van der Waals surface area contributed by atoms with Crippen molar-refractivity contribution in [1.82, 2.24) is 0 Å². The van der Waals surface area contributed by atoms with Gasteiger partial charge in [0.05, 0.1) is 12.2 Å². The summed E-state index contributed by atoms with van der Waals surface area (Å²) in [6.45, 7) is 2.17. The van der Waals surface area contributed by atoms with Crippen molar-refractivity contribution in [2.45, 2.75) is 63.3 Å².